The first kappa shape index (κ1) is 17.8. The van der Waals surface area contributed by atoms with E-state index in [0.29, 0.717) is 0 Å². The minimum Gasteiger partial charge on any atom is -0.371 e. The first-order chi connectivity index (χ1) is 13.0. The van der Waals surface area contributed by atoms with Gasteiger partial charge in [0.05, 0.1) is 17.8 Å². The van der Waals surface area contributed by atoms with Crippen LogP contribution in [0.15, 0.2) is 43.1 Å². The maximum Gasteiger partial charge on any atom is 0.0655 e. The summed E-state index contributed by atoms with van der Waals surface area (Å²) in [5.74, 6) is 0. The summed E-state index contributed by atoms with van der Waals surface area (Å²) in [5, 5.41) is 1.29. The number of benzene rings is 1. The maximum atomic E-state index is 4.69. The minimum absolute atomic E-state index is 0.775. The summed E-state index contributed by atoms with van der Waals surface area (Å²) >= 11 is 0. The van der Waals surface area contributed by atoms with E-state index in [4.69, 9.17) is 0 Å². The zero-order valence-corrected chi connectivity index (χ0v) is 16.8. The number of allylic oxidation sites excluding steroid dienone is 1. The summed E-state index contributed by atoms with van der Waals surface area (Å²) in [6, 6.07) is 11.2. The van der Waals surface area contributed by atoms with Gasteiger partial charge in [0, 0.05) is 36.1 Å². The van der Waals surface area contributed by atoms with Gasteiger partial charge in [-0.2, -0.15) is 0 Å². The number of hydrogen-bond donors (Lipinski definition) is 0. The third kappa shape index (κ3) is 3.51. The van der Waals surface area contributed by atoms with E-state index < -0.39 is 0 Å². The Morgan fingerprint density at radius 2 is 1.85 bits per heavy atom. The van der Waals surface area contributed by atoms with Gasteiger partial charge in [0.2, 0.25) is 0 Å². The smallest absolute Gasteiger partial charge is 0.0655 e. The van der Waals surface area contributed by atoms with Gasteiger partial charge in [-0.05, 0) is 75.4 Å². The highest BCUT2D eigenvalue weighted by molar-refractivity contribution is 5.88. The van der Waals surface area contributed by atoms with Crippen LogP contribution in [0, 0.1) is 13.8 Å². The largest absolute Gasteiger partial charge is 0.371 e. The highest BCUT2D eigenvalue weighted by atomic mass is 15.1. The molecule has 0 atom stereocenters. The van der Waals surface area contributed by atoms with Gasteiger partial charge in [-0.25, -0.2) is 0 Å². The highest BCUT2D eigenvalue weighted by Crippen LogP contribution is 2.29. The first-order valence-electron chi connectivity index (χ1n) is 9.99. The Labute approximate surface area is 162 Å². The zero-order chi connectivity index (χ0) is 19.0. The van der Waals surface area contributed by atoms with Crippen molar-refractivity contribution in [3.8, 4) is 0 Å². The molecule has 0 amide bonds. The fourth-order valence-electron chi connectivity index (χ4n) is 4.40. The van der Waals surface area contributed by atoms with Crippen LogP contribution in [0.2, 0.25) is 0 Å². The van der Waals surface area contributed by atoms with Crippen molar-refractivity contribution >= 4 is 22.2 Å². The van der Waals surface area contributed by atoms with Crippen LogP contribution in [-0.2, 0) is 6.54 Å². The number of aromatic nitrogens is 2. The molecule has 1 aromatic carbocycles. The second-order valence-corrected chi connectivity index (χ2v) is 7.97. The van der Waals surface area contributed by atoms with E-state index in [1.54, 1.807) is 0 Å². The van der Waals surface area contributed by atoms with Gasteiger partial charge in [0.15, 0.2) is 0 Å². The zero-order valence-electron chi connectivity index (χ0n) is 16.8. The Bertz CT molecular complexity index is 990. The van der Waals surface area contributed by atoms with Gasteiger partial charge in [-0.3, -0.25) is 4.98 Å². The Morgan fingerprint density at radius 1 is 1.07 bits per heavy atom. The fraction of sp³-hybridized carbons (Fsp3) is 0.375. The molecule has 0 spiro atoms. The van der Waals surface area contributed by atoms with E-state index in [0.717, 1.165) is 30.9 Å². The SMILES string of the molecule is C=C(C)c1cc2cc(C)cc(C)c2n1Cc1cc(N2CCCCC2)ccn1. The average Bonchev–Trinajstić information content (AvgIpc) is 3.01. The lowest BCUT2D eigenvalue weighted by atomic mass is 10.1. The molecular formula is C24H29N3. The van der Waals surface area contributed by atoms with Crippen molar-refractivity contribution in [2.45, 2.75) is 46.6 Å². The number of fused-ring (bicyclic) bond motifs is 1. The lowest BCUT2D eigenvalue weighted by Crippen LogP contribution is -2.29. The van der Waals surface area contributed by atoms with Crippen molar-refractivity contribution in [2.24, 2.45) is 0 Å². The predicted octanol–water partition coefficient (Wildman–Crippen LogP) is 5.72. The molecule has 0 N–H and O–H groups in total. The highest BCUT2D eigenvalue weighted by Gasteiger charge is 2.15. The molecule has 4 rings (SSSR count). The van der Waals surface area contributed by atoms with Crippen LogP contribution in [0.3, 0.4) is 0 Å². The molecule has 1 aliphatic rings. The van der Waals surface area contributed by atoms with Crippen LogP contribution in [0.5, 0.6) is 0 Å². The van der Waals surface area contributed by atoms with Gasteiger partial charge in [-0.15, -0.1) is 0 Å². The maximum absolute atomic E-state index is 4.69. The lowest BCUT2D eigenvalue weighted by Gasteiger charge is -2.29. The second-order valence-electron chi connectivity index (χ2n) is 7.97. The molecule has 1 fully saturated rings. The van der Waals surface area contributed by atoms with Crippen molar-refractivity contribution in [3.63, 3.8) is 0 Å². The molecule has 2 aromatic heterocycles. The van der Waals surface area contributed by atoms with Crippen molar-refractivity contribution in [2.75, 3.05) is 18.0 Å². The van der Waals surface area contributed by atoms with Gasteiger partial charge in [0.25, 0.3) is 0 Å². The van der Waals surface area contributed by atoms with Crippen LogP contribution in [0.4, 0.5) is 5.69 Å². The van der Waals surface area contributed by atoms with E-state index in [1.807, 2.05) is 6.20 Å². The number of nitrogens with zero attached hydrogens (tertiary/aromatic N) is 3. The molecule has 0 aliphatic carbocycles. The number of rotatable bonds is 4. The molecule has 0 radical (unpaired) electrons. The van der Waals surface area contributed by atoms with E-state index in [-0.39, 0.29) is 0 Å². The molecule has 3 aromatic rings. The van der Waals surface area contributed by atoms with Crippen molar-refractivity contribution in [3.05, 3.63) is 65.6 Å². The third-order valence-corrected chi connectivity index (χ3v) is 5.61. The fourth-order valence-corrected chi connectivity index (χ4v) is 4.40. The van der Waals surface area contributed by atoms with E-state index in [2.05, 4.69) is 72.1 Å². The molecule has 27 heavy (non-hydrogen) atoms. The summed E-state index contributed by atoms with van der Waals surface area (Å²) in [7, 11) is 0. The quantitative estimate of drug-likeness (QED) is 0.593. The Balaban J connectivity index is 1.75. The molecule has 1 aliphatic heterocycles. The molecule has 3 heteroatoms. The van der Waals surface area contributed by atoms with Crippen LogP contribution >= 0.6 is 0 Å². The number of anilines is 1. The van der Waals surface area contributed by atoms with Crippen LogP contribution in [0.25, 0.3) is 16.5 Å². The molecular weight excluding hydrogens is 330 g/mol. The second kappa shape index (κ2) is 7.22. The summed E-state index contributed by atoms with van der Waals surface area (Å²) in [5.41, 5.74) is 8.61. The van der Waals surface area contributed by atoms with Gasteiger partial charge in [0.1, 0.15) is 0 Å². The predicted molar refractivity (Wildman–Crippen MR) is 116 cm³/mol. The normalized spacial score (nSPS) is 14.7. The van der Waals surface area contributed by atoms with Crippen molar-refractivity contribution < 1.29 is 0 Å². The van der Waals surface area contributed by atoms with E-state index in [1.165, 1.54) is 52.7 Å². The van der Waals surface area contributed by atoms with Gasteiger partial charge < -0.3 is 9.47 Å². The molecule has 0 saturated carbocycles. The standard InChI is InChI=1S/C24H29N3/c1-17(2)23-14-20-13-18(3)12-19(4)24(20)27(23)16-21-15-22(8-9-25-21)26-10-6-5-7-11-26/h8-9,12-15H,1,5-7,10-11,16H2,2-4H3. The van der Waals surface area contributed by atoms with E-state index >= 15 is 0 Å². The monoisotopic (exact) mass is 359 g/mol. The Morgan fingerprint density at radius 3 is 2.59 bits per heavy atom. The molecule has 0 unspecified atom stereocenters. The molecule has 3 heterocycles. The topological polar surface area (TPSA) is 21.1 Å². The number of pyridine rings is 1. The van der Waals surface area contributed by atoms with E-state index in [9.17, 15) is 0 Å². The Hall–Kier alpha value is -2.55. The van der Waals surface area contributed by atoms with Gasteiger partial charge in [-0.1, -0.05) is 18.2 Å². The van der Waals surface area contributed by atoms with Crippen LogP contribution < -0.4 is 4.90 Å². The first-order valence-corrected chi connectivity index (χ1v) is 9.99. The van der Waals surface area contributed by atoms with Crippen molar-refractivity contribution in [1.82, 2.24) is 9.55 Å². The van der Waals surface area contributed by atoms with Crippen molar-refractivity contribution in [1.29, 1.82) is 0 Å². The summed E-state index contributed by atoms with van der Waals surface area (Å²) in [4.78, 5) is 7.18. The Kier molecular flexibility index (Phi) is 4.77. The van der Waals surface area contributed by atoms with Gasteiger partial charge >= 0.3 is 0 Å². The molecule has 3 nitrogen and oxygen atoms in total. The number of piperidine rings is 1. The molecule has 140 valence electrons. The average molecular weight is 360 g/mol. The number of aryl methyl sites for hydroxylation is 2. The van der Waals surface area contributed by atoms with Crippen LogP contribution in [-0.4, -0.2) is 22.6 Å². The summed E-state index contributed by atoms with van der Waals surface area (Å²) in [6.07, 6.45) is 5.89. The number of hydrogen-bond acceptors (Lipinski definition) is 2. The molecule has 1 saturated heterocycles. The molecule has 0 bridgehead atoms. The third-order valence-electron chi connectivity index (χ3n) is 5.61. The lowest BCUT2D eigenvalue weighted by molar-refractivity contribution is 0.577. The van der Waals surface area contributed by atoms with Crippen LogP contribution in [0.1, 0.15) is 48.7 Å². The summed E-state index contributed by atoms with van der Waals surface area (Å²) in [6.45, 7) is 13.8. The summed E-state index contributed by atoms with van der Waals surface area (Å²) < 4.78 is 2.38. The minimum atomic E-state index is 0.775.